The predicted molar refractivity (Wildman–Crippen MR) is 107 cm³/mol. The number of hydrogen-bond acceptors (Lipinski definition) is 2. The first-order valence-electron chi connectivity index (χ1n) is 8.88. The van der Waals surface area contributed by atoms with Gasteiger partial charge in [0.15, 0.2) is 0 Å². The molecule has 25 heavy (non-hydrogen) atoms. The number of benzene rings is 2. The number of rotatable bonds is 2. The minimum atomic E-state index is -1.62. The third-order valence-electron chi connectivity index (χ3n) is 5.73. The van der Waals surface area contributed by atoms with Crippen molar-refractivity contribution in [2.24, 2.45) is 0 Å². The maximum atomic E-state index is 11.2. The summed E-state index contributed by atoms with van der Waals surface area (Å²) in [6, 6.07) is 25.1. The summed E-state index contributed by atoms with van der Waals surface area (Å²) in [7, 11) is -1.62. The first kappa shape index (κ1) is 15.6. The molecule has 1 spiro atoms. The van der Waals surface area contributed by atoms with Crippen LogP contribution in [0.1, 0.15) is 21.2 Å². The summed E-state index contributed by atoms with van der Waals surface area (Å²) in [5.41, 5.74) is 2.76. The molecule has 1 saturated heterocycles. The molecule has 0 unspecified atom stereocenters. The van der Waals surface area contributed by atoms with Crippen LogP contribution >= 0.6 is 0 Å². The molecule has 0 N–H and O–H groups in total. The van der Waals surface area contributed by atoms with Gasteiger partial charge in [-0.3, -0.25) is 0 Å². The van der Waals surface area contributed by atoms with Gasteiger partial charge in [0.05, 0.1) is 0 Å². The van der Waals surface area contributed by atoms with Gasteiger partial charge in [0.1, 0.15) is 0 Å². The fraction of sp³-hybridized carbons (Fsp3) is 0.190. The number of aldehydes is 1. The van der Waals surface area contributed by atoms with Crippen LogP contribution in [0.25, 0.3) is 0 Å². The average Bonchev–Trinajstić information content (AvgIpc) is 3.33. The van der Waals surface area contributed by atoms with Gasteiger partial charge >= 0.3 is 159 Å². The van der Waals surface area contributed by atoms with Gasteiger partial charge in [-0.25, -0.2) is 0 Å². The maximum absolute atomic E-state index is 11.2. The van der Waals surface area contributed by atoms with Crippen molar-refractivity contribution in [1.82, 2.24) is 0 Å². The number of carbonyl (C=O) groups is 1. The number of fused-ring (bicyclic) bond motifs is 4. The molecule has 3 heterocycles. The van der Waals surface area contributed by atoms with Gasteiger partial charge in [-0.2, -0.15) is 0 Å². The number of nitrogens with zero attached hydrogens (tertiary/aromatic N) is 1. The Hall–Kier alpha value is -1.60. The van der Waals surface area contributed by atoms with Crippen LogP contribution in [-0.4, -0.2) is 34.8 Å². The van der Waals surface area contributed by atoms with Crippen molar-refractivity contribution in [1.29, 1.82) is 0 Å². The van der Waals surface area contributed by atoms with E-state index >= 15 is 0 Å². The quantitative estimate of drug-likeness (QED) is 0.433. The molecule has 0 radical (unpaired) electrons. The zero-order chi connectivity index (χ0) is 16.9. The summed E-state index contributed by atoms with van der Waals surface area (Å²) in [5.74, 6) is 0. The molecular weight excluding hydrogens is 438 g/mol. The molecule has 2 aromatic carbocycles. The van der Waals surface area contributed by atoms with Gasteiger partial charge in [-0.1, -0.05) is 0 Å². The van der Waals surface area contributed by atoms with E-state index in [1.54, 1.807) is 10.4 Å². The van der Waals surface area contributed by atoms with Crippen molar-refractivity contribution in [3.63, 3.8) is 0 Å². The Balaban J connectivity index is 1.80. The average molecular weight is 457 g/mol. The van der Waals surface area contributed by atoms with Gasteiger partial charge in [0, 0.05) is 0 Å². The molecule has 0 aliphatic carbocycles. The minimum absolute atomic E-state index is 0.600. The predicted octanol–water partition coefficient (Wildman–Crippen LogP) is 3.70. The van der Waals surface area contributed by atoms with Crippen molar-refractivity contribution in [2.45, 2.75) is 24.9 Å². The van der Waals surface area contributed by atoms with E-state index in [-0.39, 0.29) is 0 Å². The fourth-order valence-corrected chi connectivity index (χ4v) is 12.7. The molecule has 2 nitrogen and oxygen atoms in total. The van der Waals surface area contributed by atoms with Crippen molar-refractivity contribution in [2.75, 3.05) is 4.90 Å². The Morgan fingerprint density at radius 2 is 1.44 bits per heavy atom. The van der Waals surface area contributed by atoms with Crippen LogP contribution in [0.15, 0.2) is 60.7 Å². The van der Waals surface area contributed by atoms with E-state index in [1.165, 1.54) is 40.0 Å². The molecule has 0 bridgehead atoms. The normalized spacial score (nSPS) is 17.4. The third kappa shape index (κ3) is 2.25. The van der Waals surface area contributed by atoms with E-state index in [0.29, 0.717) is 0 Å². The number of anilines is 3. The Kier molecular flexibility index (Phi) is 3.74. The van der Waals surface area contributed by atoms with Crippen LogP contribution in [-0.2, 0) is 0 Å². The molecule has 5 rings (SSSR count). The van der Waals surface area contributed by atoms with Gasteiger partial charge in [0.2, 0.25) is 0 Å². The fourth-order valence-electron chi connectivity index (χ4n) is 4.70. The Morgan fingerprint density at radius 3 is 2.00 bits per heavy atom. The van der Waals surface area contributed by atoms with Crippen LogP contribution in [0.5, 0.6) is 0 Å². The third-order valence-corrected chi connectivity index (χ3v) is 13.9. The molecule has 2 aliphatic rings. The summed E-state index contributed by atoms with van der Waals surface area (Å²) in [6.07, 6.45) is 3.77. The van der Waals surface area contributed by atoms with E-state index in [4.69, 9.17) is 0 Å². The van der Waals surface area contributed by atoms with Gasteiger partial charge in [-0.05, 0) is 0 Å². The Labute approximate surface area is 158 Å². The number of carbonyl (C=O) groups excluding carboxylic acids is 1. The van der Waals surface area contributed by atoms with Gasteiger partial charge in [-0.15, -0.1) is 0 Å². The standard InChI is InChI=1S/C21H19NOSiTe/c23-15-16-11-12-21(25-16)22-17-7-1-3-9-19(17)24(13-5-6-14-24)20-10-4-2-8-18(20)22/h1-4,7-12,15H,5-6,13-14H2. The zero-order valence-electron chi connectivity index (χ0n) is 13.9. The van der Waals surface area contributed by atoms with E-state index in [9.17, 15) is 4.79 Å². The van der Waals surface area contributed by atoms with E-state index in [2.05, 4.69) is 59.5 Å². The molecule has 3 aromatic rings. The molecular formula is C21H19NOSiTe. The first-order chi connectivity index (χ1) is 12.3. The Bertz CT molecular complexity index is 908. The molecule has 0 atom stereocenters. The number of hydrogen-bond donors (Lipinski definition) is 0. The summed E-state index contributed by atoms with van der Waals surface area (Å²) < 4.78 is 2.34. The summed E-state index contributed by atoms with van der Waals surface area (Å²) >= 11 is -0.600. The molecule has 0 saturated carbocycles. The van der Waals surface area contributed by atoms with Crippen molar-refractivity contribution >= 4 is 60.2 Å². The second kappa shape index (κ2) is 5.98. The first-order valence-corrected chi connectivity index (χ1v) is 13.6. The van der Waals surface area contributed by atoms with Crippen LogP contribution in [0.2, 0.25) is 12.1 Å². The van der Waals surface area contributed by atoms with Crippen LogP contribution in [0.4, 0.5) is 15.1 Å². The van der Waals surface area contributed by atoms with Crippen molar-refractivity contribution < 1.29 is 4.79 Å². The number of para-hydroxylation sites is 2. The molecule has 2 aliphatic heterocycles. The van der Waals surface area contributed by atoms with E-state index < -0.39 is 28.5 Å². The van der Waals surface area contributed by atoms with Crippen molar-refractivity contribution in [3.8, 4) is 0 Å². The summed E-state index contributed by atoms with van der Waals surface area (Å²) in [4.78, 5) is 13.7. The van der Waals surface area contributed by atoms with E-state index in [1.807, 2.05) is 6.07 Å². The zero-order valence-corrected chi connectivity index (χ0v) is 17.3. The van der Waals surface area contributed by atoms with Crippen LogP contribution in [0.3, 0.4) is 0 Å². The Morgan fingerprint density at radius 1 is 0.840 bits per heavy atom. The monoisotopic (exact) mass is 459 g/mol. The second-order valence-corrected chi connectivity index (χ2v) is 14.3. The molecule has 4 heteroatoms. The summed E-state index contributed by atoms with van der Waals surface area (Å²) in [5, 5.41) is 3.22. The summed E-state index contributed by atoms with van der Waals surface area (Å²) in [6.45, 7) is 0. The molecule has 1 fully saturated rings. The van der Waals surface area contributed by atoms with Crippen LogP contribution < -0.4 is 15.3 Å². The van der Waals surface area contributed by atoms with E-state index in [0.717, 1.165) is 9.87 Å². The topological polar surface area (TPSA) is 20.3 Å². The van der Waals surface area contributed by atoms with Gasteiger partial charge < -0.3 is 0 Å². The molecule has 0 amide bonds. The molecule has 124 valence electrons. The molecule has 1 aromatic heterocycles. The SMILES string of the molecule is O=Cc1ccc(N2c3ccccc3[Si]3(CCCC3)c3ccccc32)[te]1. The van der Waals surface area contributed by atoms with Crippen molar-refractivity contribution in [3.05, 3.63) is 64.2 Å². The van der Waals surface area contributed by atoms with Gasteiger partial charge in [0.25, 0.3) is 0 Å². The van der Waals surface area contributed by atoms with Crippen LogP contribution in [0, 0.1) is 0 Å². The second-order valence-electron chi connectivity index (χ2n) is 6.95.